The van der Waals surface area contributed by atoms with Gasteiger partial charge in [-0.25, -0.2) is 4.98 Å². The Kier molecular flexibility index (Phi) is 6.21. The van der Waals surface area contributed by atoms with Crippen LogP contribution in [0.15, 0.2) is 66.9 Å². The molecule has 2 aromatic heterocycles. The third-order valence-corrected chi connectivity index (χ3v) is 4.47. The number of fused-ring (bicyclic) bond motifs is 1. The molecule has 0 aliphatic heterocycles. The number of alkyl halides is 6. The van der Waals surface area contributed by atoms with Gasteiger partial charge in [0, 0.05) is 26.3 Å². The quantitative estimate of drug-likeness (QED) is 0.185. The zero-order valence-electron chi connectivity index (χ0n) is 15.3. The monoisotopic (exact) mass is 610 g/mol. The van der Waals surface area contributed by atoms with Gasteiger partial charge in [-0.05, 0) is 40.2 Å². The third kappa shape index (κ3) is 4.78. The molecule has 161 valence electrons. The number of aromatic nitrogens is 2. The first-order chi connectivity index (χ1) is 14.1. The summed E-state index contributed by atoms with van der Waals surface area (Å²) >= 11 is 0. The van der Waals surface area contributed by atoms with Gasteiger partial charge in [-0.1, -0.05) is 24.3 Å². The molecule has 0 saturated heterocycles. The predicted molar refractivity (Wildman–Crippen MR) is 99.3 cm³/mol. The first kappa shape index (κ1) is 22.9. The maximum absolute atomic E-state index is 13.1. The summed E-state index contributed by atoms with van der Waals surface area (Å²) in [7, 11) is 0. The van der Waals surface area contributed by atoms with Crippen molar-refractivity contribution in [1.82, 2.24) is 9.97 Å². The molecular formula is C22H11F6IrN2-. The van der Waals surface area contributed by atoms with Crippen molar-refractivity contribution in [3.05, 3.63) is 84.3 Å². The summed E-state index contributed by atoms with van der Waals surface area (Å²) in [6.07, 6.45) is -8.46. The average Bonchev–Trinajstić information content (AvgIpc) is 2.72. The molecule has 0 amide bonds. The van der Waals surface area contributed by atoms with Crippen LogP contribution in [0.2, 0.25) is 0 Å². The zero-order valence-corrected chi connectivity index (χ0v) is 17.7. The van der Waals surface area contributed by atoms with Crippen LogP contribution in [0.25, 0.3) is 33.2 Å². The summed E-state index contributed by atoms with van der Waals surface area (Å²) in [4.78, 5) is 7.07. The van der Waals surface area contributed by atoms with Crippen LogP contribution < -0.4 is 0 Å². The molecule has 2 aromatic carbocycles. The van der Waals surface area contributed by atoms with Gasteiger partial charge in [0.25, 0.3) is 0 Å². The van der Waals surface area contributed by atoms with E-state index < -0.39 is 23.7 Å². The third-order valence-electron chi connectivity index (χ3n) is 4.47. The number of pyridine rings is 2. The molecule has 0 atom stereocenters. The summed E-state index contributed by atoms with van der Waals surface area (Å²) in [6.45, 7) is 0. The van der Waals surface area contributed by atoms with Crippen molar-refractivity contribution >= 4 is 10.8 Å². The summed E-state index contributed by atoms with van der Waals surface area (Å²) in [5.74, 6) is 0. The van der Waals surface area contributed by atoms with Crippen LogP contribution in [0.3, 0.4) is 0 Å². The molecule has 0 unspecified atom stereocenters. The van der Waals surface area contributed by atoms with E-state index in [9.17, 15) is 26.3 Å². The second-order valence-corrected chi connectivity index (χ2v) is 6.49. The Morgan fingerprint density at radius 3 is 2.03 bits per heavy atom. The Balaban J connectivity index is 0.00000272. The molecule has 2 heterocycles. The van der Waals surface area contributed by atoms with Crippen LogP contribution in [-0.4, -0.2) is 9.97 Å². The van der Waals surface area contributed by atoms with Crippen molar-refractivity contribution in [3.63, 3.8) is 0 Å². The second kappa shape index (κ2) is 8.40. The summed E-state index contributed by atoms with van der Waals surface area (Å²) in [5.41, 5.74) is -2.33. The van der Waals surface area contributed by atoms with Gasteiger partial charge in [-0.3, -0.25) is 0 Å². The number of rotatable bonds is 2. The fourth-order valence-corrected chi connectivity index (χ4v) is 3.10. The van der Waals surface area contributed by atoms with Crippen LogP contribution in [-0.2, 0) is 32.5 Å². The zero-order chi connectivity index (χ0) is 21.5. The Bertz CT molecular complexity index is 1200. The summed E-state index contributed by atoms with van der Waals surface area (Å²) < 4.78 is 78.7. The minimum atomic E-state index is -5.02. The Hall–Kier alpha value is -2.77. The van der Waals surface area contributed by atoms with Crippen LogP contribution in [0.1, 0.15) is 11.4 Å². The second-order valence-electron chi connectivity index (χ2n) is 6.49. The standard InChI is InChI=1S/C22H11F6N2.Ir/c23-21(24,25)18-11-16(12-19(30-18)22(26,27)28)14-5-3-6-15(10-14)20-17-7-2-1-4-13(17)8-9-29-20;/h1-5,7-12H;/q-1;. The van der Waals surface area contributed by atoms with E-state index >= 15 is 0 Å². The van der Waals surface area contributed by atoms with Crippen molar-refractivity contribution < 1.29 is 46.4 Å². The molecule has 1 radical (unpaired) electrons. The smallest absolute Gasteiger partial charge is 0.304 e. The summed E-state index contributed by atoms with van der Waals surface area (Å²) in [5, 5.41) is 1.68. The van der Waals surface area contributed by atoms with Gasteiger partial charge < -0.3 is 4.98 Å². The van der Waals surface area contributed by atoms with Gasteiger partial charge in [0.15, 0.2) is 0 Å². The Morgan fingerprint density at radius 1 is 0.742 bits per heavy atom. The van der Waals surface area contributed by atoms with Crippen molar-refractivity contribution in [2.45, 2.75) is 12.4 Å². The molecule has 0 saturated carbocycles. The molecule has 0 spiro atoms. The fraction of sp³-hybridized carbons (Fsp3) is 0.0909. The van der Waals surface area contributed by atoms with Crippen LogP contribution >= 0.6 is 0 Å². The molecular weight excluding hydrogens is 598 g/mol. The van der Waals surface area contributed by atoms with E-state index in [0.29, 0.717) is 23.4 Å². The van der Waals surface area contributed by atoms with E-state index in [1.54, 1.807) is 12.3 Å². The molecule has 2 nitrogen and oxygen atoms in total. The maximum atomic E-state index is 13.1. The van der Waals surface area contributed by atoms with Crippen molar-refractivity contribution in [2.75, 3.05) is 0 Å². The number of hydrogen-bond acceptors (Lipinski definition) is 2. The summed E-state index contributed by atoms with van der Waals surface area (Å²) in [6, 6.07) is 17.6. The van der Waals surface area contributed by atoms with E-state index in [1.165, 1.54) is 18.2 Å². The molecule has 31 heavy (non-hydrogen) atoms. The largest absolute Gasteiger partial charge is 0.433 e. The van der Waals surface area contributed by atoms with Crippen LogP contribution in [0.4, 0.5) is 26.3 Å². The number of hydrogen-bond donors (Lipinski definition) is 0. The average molecular weight is 610 g/mol. The molecule has 0 aliphatic carbocycles. The normalized spacial score (nSPS) is 11.9. The topological polar surface area (TPSA) is 25.8 Å². The SMILES string of the molecule is FC(F)(F)c1cc(-c2cc[c-]c(-c3nccc4ccccc34)c2)cc(C(F)(F)F)n1.[Ir]. The first-order valence-corrected chi connectivity index (χ1v) is 8.66. The fourth-order valence-electron chi connectivity index (χ4n) is 3.10. The van der Waals surface area contributed by atoms with Gasteiger partial charge >= 0.3 is 12.4 Å². The van der Waals surface area contributed by atoms with Crippen molar-refractivity contribution in [3.8, 4) is 22.4 Å². The van der Waals surface area contributed by atoms with Crippen LogP contribution in [0, 0.1) is 6.07 Å². The van der Waals surface area contributed by atoms with Gasteiger partial charge in [0.1, 0.15) is 11.4 Å². The number of nitrogens with zero attached hydrogens (tertiary/aromatic N) is 2. The Labute approximate surface area is 186 Å². The van der Waals surface area contributed by atoms with Gasteiger partial charge in [0.2, 0.25) is 0 Å². The molecule has 4 rings (SSSR count). The van der Waals surface area contributed by atoms with Gasteiger partial charge in [-0.15, -0.1) is 35.4 Å². The molecule has 4 aromatic rings. The van der Waals surface area contributed by atoms with E-state index in [-0.39, 0.29) is 31.2 Å². The maximum Gasteiger partial charge on any atom is 0.433 e. The van der Waals surface area contributed by atoms with E-state index in [0.717, 1.165) is 10.8 Å². The van der Waals surface area contributed by atoms with Crippen molar-refractivity contribution in [1.29, 1.82) is 0 Å². The van der Waals surface area contributed by atoms with Gasteiger partial charge in [-0.2, -0.15) is 26.3 Å². The Morgan fingerprint density at radius 2 is 1.39 bits per heavy atom. The minimum absolute atomic E-state index is 0. The molecule has 0 bridgehead atoms. The predicted octanol–water partition coefficient (Wildman–Crippen LogP) is 6.80. The number of halogens is 6. The first-order valence-electron chi connectivity index (χ1n) is 8.66. The molecule has 0 N–H and O–H groups in total. The van der Waals surface area contributed by atoms with E-state index in [1.807, 2.05) is 24.3 Å². The molecule has 9 heteroatoms. The van der Waals surface area contributed by atoms with Crippen molar-refractivity contribution in [2.24, 2.45) is 0 Å². The van der Waals surface area contributed by atoms with Crippen LogP contribution in [0.5, 0.6) is 0 Å². The minimum Gasteiger partial charge on any atom is -0.304 e. The van der Waals surface area contributed by atoms with E-state index in [2.05, 4.69) is 16.0 Å². The molecule has 0 fully saturated rings. The number of benzene rings is 2. The molecule has 0 aliphatic rings. The van der Waals surface area contributed by atoms with E-state index in [4.69, 9.17) is 0 Å². The van der Waals surface area contributed by atoms with Gasteiger partial charge in [0.05, 0.1) is 0 Å².